The van der Waals surface area contributed by atoms with Crippen molar-refractivity contribution in [1.82, 2.24) is 10.2 Å². The van der Waals surface area contributed by atoms with E-state index in [0.29, 0.717) is 42.4 Å². The smallest absolute Gasteiger partial charge is 0.257 e. The molecule has 0 bridgehead atoms. The Morgan fingerprint density at radius 3 is 2.88 bits per heavy atom. The van der Waals surface area contributed by atoms with Gasteiger partial charge >= 0.3 is 0 Å². The van der Waals surface area contributed by atoms with Crippen molar-refractivity contribution in [3.05, 3.63) is 64.7 Å². The molecule has 1 amide bonds. The van der Waals surface area contributed by atoms with Crippen LogP contribution in [0.4, 0.5) is 4.39 Å². The second-order valence-corrected chi connectivity index (χ2v) is 6.94. The summed E-state index contributed by atoms with van der Waals surface area (Å²) in [6, 6.07) is 14.6. The fourth-order valence-electron chi connectivity index (χ4n) is 3.22. The van der Waals surface area contributed by atoms with Crippen LogP contribution >= 0.6 is 11.6 Å². The van der Waals surface area contributed by atoms with E-state index >= 15 is 4.39 Å². The van der Waals surface area contributed by atoms with E-state index in [4.69, 9.17) is 16.3 Å². The number of para-hydroxylation sites is 1. The zero-order valence-electron chi connectivity index (χ0n) is 14.7. The van der Waals surface area contributed by atoms with Gasteiger partial charge in [-0.05, 0) is 30.2 Å². The summed E-state index contributed by atoms with van der Waals surface area (Å²) in [5.41, 5.74) is 0.159. The van der Waals surface area contributed by atoms with Crippen LogP contribution in [-0.2, 0) is 17.0 Å². The maximum atomic E-state index is 15.4. The largest absolute Gasteiger partial charge is 0.483 e. The molecule has 0 aromatic heterocycles. The summed E-state index contributed by atoms with van der Waals surface area (Å²) in [6.45, 7) is 1.48. The number of rotatable bonds is 6. The van der Waals surface area contributed by atoms with E-state index < -0.39 is 5.67 Å². The van der Waals surface area contributed by atoms with Gasteiger partial charge < -0.3 is 10.1 Å². The molecule has 1 saturated heterocycles. The zero-order valence-corrected chi connectivity index (χ0v) is 15.4. The highest BCUT2D eigenvalue weighted by Crippen LogP contribution is 2.38. The maximum Gasteiger partial charge on any atom is 0.257 e. The average Bonchev–Trinajstić information content (AvgIpc) is 3.03. The van der Waals surface area contributed by atoms with Gasteiger partial charge in [-0.25, -0.2) is 4.39 Å². The lowest BCUT2D eigenvalue weighted by Crippen LogP contribution is -2.27. The lowest BCUT2D eigenvalue weighted by atomic mass is 9.95. The summed E-state index contributed by atoms with van der Waals surface area (Å²) < 4.78 is 21.0. The van der Waals surface area contributed by atoms with Gasteiger partial charge in [-0.3, -0.25) is 9.69 Å². The Labute approximate surface area is 157 Å². The topological polar surface area (TPSA) is 41.6 Å². The molecule has 26 heavy (non-hydrogen) atoms. The summed E-state index contributed by atoms with van der Waals surface area (Å²) in [5.74, 6) is 0.458. The first-order chi connectivity index (χ1) is 12.5. The van der Waals surface area contributed by atoms with Crippen molar-refractivity contribution < 1.29 is 13.9 Å². The standard InChI is InChI=1S/C20H22ClFN2O2/c1-23-19(25)13-26-18-8-3-2-5-15(18)12-24-10-9-20(22,14-24)16-6-4-7-17(21)11-16/h2-8,11H,9-10,12-14H2,1H3,(H,23,25). The maximum absolute atomic E-state index is 15.4. The molecular weight excluding hydrogens is 355 g/mol. The lowest BCUT2D eigenvalue weighted by Gasteiger charge is -2.22. The Kier molecular flexibility index (Phi) is 5.79. The number of hydrogen-bond donors (Lipinski definition) is 1. The molecule has 2 aromatic rings. The van der Waals surface area contributed by atoms with Crippen LogP contribution in [0, 0.1) is 0 Å². The first kappa shape index (κ1) is 18.7. The van der Waals surface area contributed by atoms with E-state index in [0.717, 1.165) is 5.56 Å². The second-order valence-electron chi connectivity index (χ2n) is 6.51. The number of amides is 1. The van der Waals surface area contributed by atoms with Gasteiger partial charge in [0.05, 0.1) is 0 Å². The van der Waals surface area contributed by atoms with Gasteiger partial charge in [0.15, 0.2) is 6.61 Å². The van der Waals surface area contributed by atoms with Gasteiger partial charge in [0.25, 0.3) is 5.91 Å². The molecule has 0 spiro atoms. The SMILES string of the molecule is CNC(=O)COc1ccccc1CN1CCC(F)(c2cccc(Cl)c2)C1. The first-order valence-electron chi connectivity index (χ1n) is 8.59. The highest BCUT2D eigenvalue weighted by molar-refractivity contribution is 6.30. The molecule has 1 fully saturated rings. The first-order valence-corrected chi connectivity index (χ1v) is 8.96. The minimum Gasteiger partial charge on any atom is -0.483 e. The number of carbonyl (C=O) groups is 1. The van der Waals surface area contributed by atoms with Crippen LogP contribution in [0.25, 0.3) is 0 Å². The van der Waals surface area contributed by atoms with Gasteiger partial charge in [0.2, 0.25) is 0 Å². The van der Waals surface area contributed by atoms with Crippen molar-refractivity contribution in [1.29, 1.82) is 0 Å². The number of likely N-dealkylation sites (tertiary alicyclic amines) is 1. The van der Waals surface area contributed by atoms with E-state index in [1.54, 1.807) is 31.3 Å². The number of benzene rings is 2. The summed E-state index contributed by atoms with van der Waals surface area (Å²) in [7, 11) is 1.57. The van der Waals surface area contributed by atoms with Crippen molar-refractivity contribution in [2.24, 2.45) is 0 Å². The molecule has 3 rings (SSSR count). The Morgan fingerprint density at radius 1 is 1.31 bits per heavy atom. The molecule has 138 valence electrons. The van der Waals surface area contributed by atoms with Crippen LogP contribution in [0.1, 0.15) is 17.5 Å². The van der Waals surface area contributed by atoms with E-state index in [9.17, 15) is 4.79 Å². The minimum absolute atomic E-state index is 0.0386. The second kappa shape index (κ2) is 8.06. The number of alkyl halides is 1. The normalized spacial score (nSPS) is 20.1. The number of hydrogen-bond acceptors (Lipinski definition) is 3. The van der Waals surface area contributed by atoms with Crippen molar-refractivity contribution in [2.45, 2.75) is 18.6 Å². The van der Waals surface area contributed by atoms with Gasteiger partial charge in [-0.1, -0.05) is 41.9 Å². The number of ether oxygens (including phenoxy) is 1. The molecule has 1 aliphatic heterocycles. The van der Waals surface area contributed by atoms with E-state index in [1.165, 1.54) is 0 Å². The summed E-state index contributed by atoms with van der Waals surface area (Å²) in [4.78, 5) is 13.5. The third-order valence-corrected chi connectivity index (χ3v) is 4.88. The van der Waals surface area contributed by atoms with Gasteiger partial charge in [0, 0.05) is 37.3 Å². The van der Waals surface area contributed by atoms with E-state index in [-0.39, 0.29) is 12.5 Å². The summed E-state index contributed by atoms with van der Waals surface area (Å²) >= 11 is 6.01. The molecule has 1 atom stereocenters. The van der Waals surface area contributed by atoms with Crippen LogP contribution in [0.15, 0.2) is 48.5 Å². The number of nitrogens with one attached hydrogen (secondary N) is 1. The number of carbonyl (C=O) groups excluding carboxylic acids is 1. The van der Waals surface area contributed by atoms with E-state index in [2.05, 4.69) is 10.2 Å². The van der Waals surface area contributed by atoms with Crippen LogP contribution < -0.4 is 10.1 Å². The Bertz CT molecular complexity index is 786. The predicted octanol–water partition coefficient (Wildman–Crippen LogP) is 3.54. The fraction of sp³-hybridized carbons (Fsp3) is 0.350. The molecule has 1 heterocycles. The van der Waals surface area contributed by atoms with Crippen LogP contribution in [-0.4, -0.2) is 37.6 Å². The lowest BCUT2D eigenvalue weighted by molar-refractivity contribution is -0.122. The molecule has 0 radical (unpaired) electrons. The number of nitrogens with zero attached hydrogens (tertiary/aromatic N) is 1. The fourth-order valence-corrected chi connectivity index (χ4v) is 3.41. The molecule has 0 saturated carbocycles. The highest BCUT2D eigenvalue weighted by Gasteiger charge is 2.40. The highest BCUT2D eigenvalue weighted by atomic mass is 35.5. The summed E-state index contributed by atoms with van der Waals surface area (Å²) in [5, 5.41) is 3.07. The Morgan fingerprint density at radius 2 is 2.12 bits per heavy atom. The van der Waals surface area contributed by atoms with Crippen LogP contribution in [0.3, 0.4) is 0 Å². The third-order valence-electron chi connectivity index (χ3n) is 4.64. The average molecular weight is 377 g/mol. The molecule has 1 unspecified atom stereocenters. The Hall–Kier alpha value is -2.11. The molecule has 6 heteroatoms. The molecule has 1 aliphatic rings. The van der Waals surface area contributed by atoms with Crippen molar-refractivity contribution in [3.8, 4) is 5.75 Å². The quantitative estimate of drug-likeness (QED) is 0.838. The van der Waals surface area contributed by atoms with Crippen molar-refractivity contribution in [3.63, 3.8) is 0 Å². The Balaban J connectivity index is 1.68. The zero-order chi connectivity index (χ0) is 18.6. The van der Waals surface area contributed by atoms with E-state index in [1.807, 2.05) is 24.3 Å². The van der Waals surface area contributed by atoms with Gasteiger partial charge in [0.1, 0.15) is 11.4 Å². The molecule has 2 aromatic carbocycles. The number of halogens is 2. The predicted molar refractivity (Wildman–Crippen MR) is 100 cm³/mol. The van der Waals surface area contributed by atoms with Gasteiger partial charge in [-0.2, -0.15) is 0 Å². The van der Waals surface area contributed by atoms with Crippen molar-refractivity contribution >= 4 is 17.5 Å². The molecule has 0 aliphatic carbocycles. The van der Waals surface area contributed by atoms with Crippen LogP contribution in [0.5, 0.6) is 5.75 Å². The molecule has 4 nitrogen and oxygen atoms in total. The summed E-state index contributed by atoms with van der Waals surface area (Å²) in [6.07, 6.45) is 0.425. The monoisotopic (exact) mass is 376 g/mol. The third kappa shape index (κ3) is 4.34. The van der Waals surface area contributed by atoms with Crippen molar-refractivity contribution in [2.75, 3.05) is 26.7 Å². The molecular formula is C20H22ClFN2O2. The molecule has 1 N–H and O–H groups in total. The van der Waals surface area contributed by atoms with Crippen LogP contribution in [0.2, 0.25) is 5.02 Å². The minimum atomic E-state index is -1.40. The number of likely N-dealkylation sites (N-methyl/N-ethyl adjacent to an activating group) is 1. The van der Waals surface area contributed by atoms with Gasteiger partial charge in [-0.15, -0.1) is 0 Å².